The van der Waals surface area contributed by atoms with Gasteiger partial charge in [0.15, 0.2) is 5.78 Å². The molecule has 0 bridgehead atoms. The van der Waals surface area contributed by atoms with E-state index in [1.165, 1.54) is 0 Å². The minimum atomic E-state index is -0.127. The predicted octanol–water partition coefficient (Wildman–Crippen LogP) is 4.40. The van der Waals surface area contributed by atoms with Crippen molar-refractivity contribution in [3.63, 3.8) is 0 Å². The summed E-state index contributed by atoms with van der Waals surface area (Å²) in [7, 11) is 0. The van der Waals surface area contributed by atoms with Crippen molar-refractivity contribution in [2.75, 3.05) is 10.6 Å². The number of carbonyl (C=O) groups is 3. The maximum absolute atomic E-state index is 12.6. The van der Waals surface area contributed by atoms with Crippen LogP contribution in [0.1, 0.15) is 54.9 Å². The van der Waals surface area contributed by atoms with E-state index in [1.54, 1.807) is 48.5 Å². The van der Waals surface area contributed by atoms with Gasteiger partial charge in [-0.05, 0) is 61.4 Å². The lowest BCUT2D eigenvalue weighted by Crippen LogP contribution is -2.11. The highest BCUT2D eigenvalue weighted by molar-refractivity contribution is 6.09. The lowest BCUT2D eigenvalue weighted by Gasteiger charge is -2.07. The highest BCUT2D eigenvalue weighted by Gasteiger charge is 2.10. The molecular formula is C23H24N2O3. The predicted molar refractivity (Wildman–Crippen MR) is 111 cm³/mol. The van der Waals surface area contributed by atoms with E-state index in [-0.39, 0.29) is 17.6 Å². The van der Waals surface area contributed by atoms with Gasteiger partial charge in [0.1, 0.15) is 0 Å². The first-order chi connectivity index (χ1) is 13.5. The van der Waals surface area contributed by atoms with Crippen molar-refractivity contribution in [2.45, 2.75) is 39.0 Å². The zero-order chi connectivity index (χ0) is 20.4. The van der Waals surface area contributed by atoms with Crippen LogP contribution in [0.3, 0.4) is 0 Å². The molecule has 0 aliphatic rings. The molecule has 0 heterocycles. The number of rotatable bonds is 9. The van der Waals surface area contributed by atoms with Gasteiger partial charge in [0.2, 0.25) is 11.8 Å². The summed E-state index contributed by atoms with van der Waals surface area (Å²) in [6, 6.07) is 13.6. The summed E-state index contributed by atoms with van der Waals surface area (Å²) in [6.45, 7) is 1.94. The summed E-state index contributed by atoms with van der Waals surface area (Å²) in [5.41, 5.74) is 2.35. The van der Waals surface area contributed by atoms with Gasteiger partial charge in [-0.3, -0.25) is 14.4 Å². The number of terminal acetylenes is 1. The van der Waals surface area contributed by atoms with E-state index in [0.717, 1.165) is 6.42 Å². The van der Waals surface area contributed by atoms with E-state index < -0.39 is 0 Å². The van der Waals surface area contributed by atoms with E-state index in [1.807, 2.05) is 6.92 Å². The average Bonchev–Trinajstić information content (AvgIpc) is 2.69. The van der Waals surface area contributed by atoms with Crippen LogP contribution in [0.5, 0.6) is 0 Å². The number of ketones is 1. The molecule has 0 spiro atoms. The molecule has 0 saturated heterocycles. The van der Waals surface area contributed by atoms with E-state index >= 15 is 0 Å². The molecule has 2 rings (SSSR count). The molecule has 2 aromatic rings. The molecule has 144 valence electrons. The molecule has 0 saturated carbocycles. The number of amides is 2. The Morgan fingerprint density at radius 2 is 1.29 bits per heavy atom. The van der Waals surface area contributed by atoms with Gasteiger partial charge in [0, 0.05) is 41.8 Å². The maximum atomic E-state index is 12.6. The second-order valence-electron chi connectivity index (χ2n) is 6.39. The highest BCUT2D eigenvalue weighted by Crippen LogP contribution is 2.17. The minimum absolute atomic E-state index is 0.0431. The second-order valence-corrected chi connectivity index (χ2v) is 6.39. The van der Waals surface area contributed by atoms with Gasteiger partial charge in [0.05, 0.1) is 0 Å². The molecule has 0 radical (unpaired) electrons. The number of benzene rings is 2. The van der Waals surface area contributed by atoms with Crippen LogP contribution in [0, 0.1) is 12.3 Å². The molecule has 0 unspecified atom stereocenters. The molecule has 0 aliphatic heterocycles. The van der Waals surface area contributed by atoms with Crippen LogP contribution in [0.25, 0.3) is 0 Å². The first kappa shape index (κ1) is 20.9. The van der Waals surface area contributed by atoms with Crippen LogP contribution in [-0.4, -0.2) is 17.6 Å². The minimum Gasteiger partial charge on any atom is -0.326 e. The molecule has 28 heavy (non-hydrogen) atoms. The summed E-state index contributed by atoms with van der Waals surface area (Å²) < 4.78 is 0. The number of carbonyl (C=O) groups excluding carboxylic acids is 3. The summed E-state index contributed by atoms with van der Waals surface area (Å²) in [5.74, 6) is 2.23. The summed E-state index contributed by atoms with van der Waals surface area (Å²) in [4.78, 5) is 36.0. The fourth-order valence-electron chi connectivity index (χ4n) is 2.60. The Hall–Kier alpha value is -3.39. The Labute approximate surface area is 165 Å². The molecule has 2 amide bonds. The number of hydrogen-bond donors (Lipinski definition) is 2. The zero-order valence-corrected chi connectivity index (χ0v) is 16.0. The van der Waals surface area contributed by atoms with Gasteiger partial charge in [-0.1, -0.05) is 6.92 Å². The third-order valence-corrected chi connectivity index (χ3v) is 4.06. The molecule has 2 aromatic carbocycles. The van der Waals surface area contributed by atoms with Crippen LogP contribution >= 0.6 is 0 Å². The van der Waals surface area contributed by atoms with Gasteiger partial charge in [-0.2, -0.15) is 0 Å². The summed E-state index contributed by atoms with van der Waals surface area (Å²) in [6.07, 6.45) is 8.00. The molecule has 5 nitrogen and oxygen atoms in total. The first-order valence-corrected chi connectivity index (χ1v) is 9.31. The Balaban J connectivity index is 1.96. The fraction of sp³-hybridized carbons (Fsp3) is 0.261. The van der Waals surface area contributed by atoms with E-state index in [2.05, 4.69) is 16.6 Å². The lowest BCUT2D eigenvalue weighted by atomic mass is 10.0. The van der Waals surface area contributed by atoms with Gasteiger partial charge in [-0.15, -0.1) is 12.3 Å². The molecule has 0 fully saturated rings. The van der Waals surface area contributed by atoms with Crippen LogP contribution in [-0.2, 0) is 9.59 Å². The average molecular weight is 376 g/mol. The first-order valence-electron chi connectivity index (χ1n) is 9.31. The Bertz CT molecular complexity index is 862. The zero-order valence-electron chi connectivity index (χ0n) is 16.0. The van der Waals surface area contributed by atoms with Crippen molar-refractivity contribution in [1.29, 1.82) is 0 Å². The van der Waals surface area contributed by atoms with E-state index in [4.69, 9.17) is 6.42 Å². The second kappa shape index (κ2) is 10.7. The van der Waals surface area contributed by atoms with Crippen LogP contribution in [0.2, 0.25) is 0 Å². The van der Waals surface area contributed by atoms with Gasteiger partial charge >= 0.3 is 0 Å². The van der Waals surface area contributed by atoms with Gasteiger partial charge < -0.3 is 10.6 Å². The smallest absolute Gasteiger partial charge is 0.224 e. The molecule has 0 atom stereocenters. The van der Waals surface area contributed by atoms with Gasteiger partial charge in [0.25, 0.3) is 0 Å². The maximum Gasteiger partial charge on any atom is 0.224 e. The van der Waals surface area contributed by atoms with Crippen molar-refractivity contribution in [2.24, 2.45) is 0 Å². The van der Waals surface area contributed by atoms with Gasteiger partial charge in [-0.25, -0.2) is 0 Å². The van der Waals surface area contributed by atoms with Crippen molar-refractivity contribution in [3.8, 4) is 12.3 Å². The topological polar surface area (TPSA) is 75.3 Å². The largest absolute Gasteiger partial charge is 0.326 e. The van der Waals surface area contributed by atoms with Crippen molar-refractivity contribution < 1.29 is 14.4 Å². The van der Waals surface area contributed by atoms with Crippen molar-refractivity contribution >= 4 is 29.0 Å². The quantitative estimate of drug-likeness (QED) is 0.387. The highest BCUT2D eigenvalue weighted by atomic mass is 16.2. The number of unbranched alkanes of at least 4 members (excludes halogenated alkanes) is 1. The van der Waals surface area contributed by atoms with Crippen molar-refractivity contribution in [3.05, 3.63) is 59.7 Å². The summed E-state index contributed by atoms with van der Waals surface area (Å²) >= 11 is 0. The van der Waals surface area contributed by atoms with Crippen LogP contribution in [0.15, 0.2) is 48.5 Å². The SMILES string of the molecule is C#CCCCC(=O)Nc1ccc(C(=O)c2ccc(NC(=O)CCC)cc2)cc1. The van der Waals surface area contributed by atoms with Crippen molar-refractivity contribution in [1.82, 2.24) is 0 Å². The molecule has 0 aromatic heterocycles. The molecular weight excluding hydrogens is 352 g/mol. The van der Waals surface area contributed by atoms with E-state index in [0.29, 0.717) is 48.2 Å². The molecule has 0 aliphatic carbocycles. The third-order valence-electron chi connectivity index (χ3n) is 4.06. The normalized spacial score (nSPS) is 10.0. The molecule has 5 heteroatoms. The Kier molecular flexibility index (Phi) is 7.98. The number of nitrogens with one attached hydrogen (secondary N) is 2. The standard InChI is InChI=1S/C23H24N2O3/c1-3-5-6-8-22(27)25-20-15-11-18(12-16-20)23(28)17-9-13-19(14-10-17)24-21(26)7-4-2/h1,9-16H,4-8H2,2H3,(H,24,26)(H,25,27). The van der Waals surface area contributed by atoms with Crippen LogP contribution in [0.4, 0.5) is 11.4 Å². The Morgan fingerprint density at radius 1 is 0.821 bits per heavy atom. The third kappa shape index (κ3) is 6.40. The number of hydrogen-bond acceptors (Lipinski definition) is 3. The number of anilines is 2. The van der Waals surface area contributed by atoms with Crippen LogP contribution < -0.4 is 10.6 Å². The molecule has 2 N–H and O–H groups in total. The monoisotopic (exact) mass is 376 g/mol. The van der Waals surface area contributed by atoms with E-state index in [9.17, 15) is 14.4 Å². The lowest BCUT2D eigenvalue weighted by molar-refractivity contribution is -0.117. The summed E-state index contributed by atoms with van der Waals surface area (Å²) in [5, 5.41) is 5.57. The Morgan fingerprint density at radius 3 is 1.71 bits per heavy atom. The fourth-order valence-corrected chi connectivity index (χ4v) is 2.60.